The number of aromatic nitrogens is 1. The van der Waals surface area contributed by atoms with Gasteiger partial charge in [0.2, 0.25) is 0 Å². The van der Waals surface area contributed by atoms with E-state index in [1.165, 1.54) is 0 Å². The highest BCUT2D eigenvalue weighted by Gasteiger charge is 2.21. The summed E-state index contributed by atoms with van der Waals surface area (Å²) >= 11 is 0. The van der Waals surface area contributed by atoms with Crippen LogP contribution in [0.1, 0.15) is 16.1 Å². The van der Waals surface area contributed by atoms with Gasteiger partial charge in [0.05, 0.1) is 14.2 Å². The Morgan fingerprint density at radius 2 is 1.57 bits per heavy atom. The molecule has 0 unspecified atom stereocenters. The lowest BCUT2D eigenvalue weighted by Gasteiger charge is -2.20. The first-order chi connectivity index (χ1) is 14.6. The highest BCUT2D eigenvalue weighted by Crippen LogP contribution is 2.32. The van der Waals surface area contributed by atoms with Gasteiger partial charge >= 0.3 is 0 Å². The minimum absolute atomic E-state index is 0.0886. The third-order valence-corrected chi connectivity index (χ3v) is 5.27. The lowest BCUT2D eigenvalue weighted by molar-refractivity contribution is 0.0985. The highest BCUT2D eigenvalue weighted by atomic mass is 16.5. The standard InChI is InChI=1S/C25H24N2O3/c1-26(20-13-14-23(29-2)24(16-20)30-3)25(28)22-15-19-11-7-8-12-21(19)27(22)17-18-9-5-4-6-10-18/h4-16H,17H2,1-3H3. The minimum atomic E-state index is -0.0886. The van der Waals surface area contributed by atoms with Crippen molar-refractivity contribution in [3.63, 3.8) is 0 Å². The second kappa shape index (κ2) is 8.33. The lowest BCUT2D eigenvalue weighted by atomic mass is 10.2. The Morgan fingerprint density at radius 3 is 2.30 bits per heavy atom. The van der Waals surface area contributed by atoms with E-state index in [1.54, 1.807) is 38.3 Å². The van der Waals surface area contributed by atoms with E-state index in [0.29, 0.717) is 23.7 Å². The summed E-state index contributed by atoms with van der Waals surface area (Å²) in [6, 6.07) is 25.6. The molecule has 0 saturated carbocycles. The maximum atomic E-state index is 13.5. The van der Waals surface area contributed by atoms with Gasteiger partial charge in [0.25, 0.3) is 5.91 Å². The molecule has 0 saturated heterocycles. The number of para-hydroxylation sites is 1. The third kappa shape index (κ3) is 3.62. The number of amides is 1. The molecule has 4 aromatic rings. The zero-order valence-electron chi connectivity index (χ0n) is 17.3. The predicted molar refractivity (Wildman–Crippen MR) is 120 cm³/mol. The normalized spacial score (nSPS) is 10.8. The predicted octanol–water partition coefficient (Wildman–Crippen LogP) is 4.98. The molecule has 0 aliphatic rings. The SMILES string of the molecule is COc1ccc(N(C)C(=O)c2cc3ccccc3n2Cc2ccccc2)cc1OC. The van der Waals surface area contributed by atoms with Gasteiger partial charge in [-0.25, -0.2) is 0 Å². The number of fused-ring (bicyclic) bond motifs is 1. The van der Waals surface area contributed by atoms with Crippen molar-refractivity contribution in [2.45, 2.75) is 6.54 Å². The Hall–Kier alpha value is -3.73. The average molecular weight is 400 g/mol. The van der Waals surface area contributed by atoms with Crippen LogP contribution in [0.15, 0.2) is 78.9 Å². The van der Waals surface area contributed by atoms with Crippen LogP contribution < -0.4 is 14.4 Å². The number of nitrogens with zero attached hydrogens (tertiary/aromatic N) is 2. The largest absolute Gasteiger partial charge is 0.493 e. The molecule has 30 heavy (non-hydrogen) atoms. The lowest BCUT2D eigenvalue weighted by Crippen LogP contribution is -2.28. The van der Waals surface area contributed by atoms with Crippen LogP contribution >= 0.6 is 0 Å². The number of benzene rings is 3. The zero-order chi connectivity index (χ0) is 21.1. The summed E-state index contributed by atoms with van der Waals surface area (Å²) in [6.07, 6.45) is 0. The van der Waals surface area contributed by atoms with Crippen molar-refractivity contribution < 1.29 is 14.3 Å². The summed E-state index contributed by atoms with van der Waals surface area (Å²) < 4.78 is 12.8. The van der Waals surface area contributed by atoms with Gasteiger partial charge in [-0.2, -0.15) is 0 Å². The molecule has 1 amide bonds. The van der Waals surface area contributed by atoms with E-state index in [0.717, 1.165) is 22.2 Å². The summed E-state index contributed by atoms with van der Waals surface area (Å²) in [7, 11) is 4.95. The molecule has 5 nitrogen and oxygen atoms in total. The molecule has 152 valence electrons. The number of methoxy groups -OCH3 is 2. The van der Waals surface area contributed by atoms with Crippen LogP contribution in [-0.2, 0) is 6.54 Å². The summed E-state index contributed by atoms with van der Waals surface area (Å²) in [5.41, 5.74) is 3.54. The highest BCUT2D eigenvalue weighted by molar-refractivity contribution is 6.07. The number of ether oxygens (including phenoxy) is 2. The summed E-state index contributed by atoms with van der Waals surface area (Å²) in [4.78, 5) is 15.1. The van der Waals surface area contributed by atoms with Gasteiger partial charge in [-0.15, -0.1) is 0 Å². The first kappa shape index (κ1) is 19.6. The van der Waals surface area contributed by atoms with Crippen LogP contribution in [-0.4, -0.2) is 31.7 Å². The molecule has 4 rings (SSSR count). The van der Waals surface area contributed by atoms with Crippen molar-refractivity contribution in [3.8, 4) is 11.5 Å². The van der Waals surface area contributed by atoms with Gasteiger partial charge in [-0.1, -0.05) is 48.5 Å². The summed E-state index contributed by atoms with van der Waals surface area (Å²) in [6.45, 7) is 0.620. The number of hydrogen-bond donors (Lipinski definition) is 0. The average Bonchev–Trinajstić information content (AvgIpc) is 3.16. The van der Waals surface area contributed by atoms with Crippen LogP contribution in [0.2, 0.25) is 0 Å². The molecule has 0 aliphatic carbocycles. The van der Waals surface area contributed by atoms with Crippen molar-refractivity contribution in [2.24, 2.45) is 0 Å². The number of carbonyl (C=O) groups excluding carboxylic acids is 1. The van der Waals surface area contributed by atoms with E-state index >= 15 is 0 Å². The van der Waals surface area contributed by atoms with Crippen LogP contribution in [0, 0.1) is 0 Å². The van der Waals surface area contributed by atoms with Gasteiger partial charge < -0.3 is 18.9 Å². The number of rotatable bonds is 6. The summed E-state index contributed by atoms with van der Waals surface area (Å²) in [5, 5.41) is 1.04. The van der Waals surface area contributed by atoms with Crippen molar-refractivity contribution in [3.05, 3.63) is 90.1 Å². The molecule has 1 aromatic heterocycles. The van der Waals surface area contributed by atoms with Gasteiger partial charge in [0.15, 0.2) is 11.5 Å². The fraction of sp³-hybridized carbons (Fsp3) is 0.160. The maximum absolute atomic E-state index is 13.5. The molecule has 0 aliphatic heterocycles. The monoisotopic (exact) mass is 400 g/mol. The fourth-order valence-corrected chi connectivity index (χ4v) is 3.65. The first-order valence-corrected chi connectivity index (χ1v) is 9.74. The molecule has 0 N–H and O–H groups in total. The topological polar surface area (TPSA) is 43.7 Å². The van der Waals surface area contributed by atoms with E-state index in [2.05, 4.69) is 16.7 Å². The minimum Gasteiger partial charge on any atom is -0.493 e. The quantitative estimate of drug-likeness (QED) is 0.458. The van der Waals surface area contributed by atoms with Crippen LogP contribution in [0.5, 0.6) is 11.5 Å². The molecular formula is C25H24N2O3. The van der Waals surface area contributed by atoms with E-state index in [-0.39, 0.29) is 5.91 Å². The van der Waals surface area contributed by atoms with Gasteiger partial charge in [-0.05, 0) is 29.8 Å². The second-order valence-corrected chi connectivity index (χ2v) is 7.06. The molecule has 0 bridgehead atoms. The number of carbonyl (C=O) groups is 1. The molecule has 0 radical (unpaired) electrons. The van der Waals surface area contributed by atoms with E-state index in [4.69, 9.17) is 9.47 Å². The zero-order valence-corrected chi connectivity index (χ0v) is 17.3. The van der Waals surface area contributed by atoms with Crippen molar-refractivity contribution in [1.82, 2.24) is 4.57 Å². The van der Waals surface area contributed by atoms with Crippen LogP contribution in [0.3, 0.4) is 0 Å². The van der Waals surface area contributed by atoms with E-state index in [1.807, 2.05) is 54.6 Å². The fourth-order valence-electron chi connectivity index (χ4n) is 3.65. The number of hydrogen-bond acceptors (Lipinski definition) is 3. The Balaban J connectivity index is 1.75. The van der Waals surface area contributed by atoms with Crippen LogP contribution in [0.4, 0.5) is 5.69 Å². The molecule has 0 spiro atoms. The molecule has 1 heterocycles. The number of anilines is 1. The van der Waals surface area contributed by atoms with E-state index < -0.39 is 0 Å². The van der Waals surface area contributed by atoms with Gasteiger partial charge in [-0.3, -0.25) is 4.79 Å². The molecular weight excluding hydrogens is 376 g/mol. The molecule has 0 atom stereocenters. The molecule has 5 heteroatoms. The van der Waals surface area contributed by atoms with Gasteiger partial charge in [0.1, 0.15) is 5.69 Å². The molecule has 0 fully saturated rings. The van der Waals surface area contributed by atoms with Crippen molar-refractivity contribution >= 4 is 22.5 Å². The smallest absolute Gasteiger partial charge is 0.274 e. The Labute approximate surface area is 176 Å². The molecule has 3 aromatic carbocycles. The second-order valence-electron chi connectivity index (χ2n) is 7.06. The Bertz CT molecular complexity index is 1180. The Morgan fingerprint density at radius 1 is 0.867 bits per heavy atom. The Kier molecular flexibility index (Phi) is 5.44. The summed E-state index contributed by atoms with van der Waals surface area (Å²) in [5.74, 6) is 1.12. The van der Waals surface area contributed by atoms with E-state index in [9.17, 15) is 4.79 Å². The van der Waals surface area contributed by atoms with Crippen molar-refractivity contribution in [2.75, 3.05) is 26.2 Å². The van der Waals surface area contributed by atoms with Gasteiger partial charge in [0, 0.05) is 36.2 Å². The maximum Gasteiger partial charge on any atom is 0.274 e. The first-order valence-electron chi connectivity index (χ1n) is 9.74. The van der Waals surface area contributed by atoms with Crippen molar-refractivity contribution in [1.29, 1.82) is 0 Å². The van der Waals surface area contributed by atoms with Crippen LogP contribution in [0.25, 0.3) is 10.9 Å². The third-order valence-electron chi connectivity index (χ3n) is 5.27.